The van der Waals surface area contributed by atoms with Crippen molar-refractivity contribution in [2.45, 2.75) is 13.0 Å². The quantitative estimate of drug-likeness (QED) is 0.638. The van der Waals surface area contributed by atoms with Crippen LogP contribution in [0.1, 0.15) is 5.82 Å². The van der Waals surface area contributed by atoms with Crippen LogP contribution in [-0.2, 0) is 4.74 Å². The Bertz CT molecular complexity index is 357. The van der Waals surface area contributed by atoms with Gasteiger partial charge in [-0.1, -0.05) is 5.92 Å². The van der Waals surface area contributed by atoms with Crippen LogP contribution in [0.5, 0.6) is 0 Å². The van der Waals surface area contributed by atoms with Gasteiger partial charge in [0.1, 0.15) is 11.9 Å². The number of hydrogen-bond donors (Lipinski definition) is 0. The molecule has 2 rings (SSSR count). The lowest BCUT2D eigenvalue weighted by Gasteiger charge is -2.31. The molecule has 1 unspecified atom stereocenters. The summed E-state index contributed by atoms with van der Waals surface area (Å²) in [6, 6.07) is -0.00361. The number of terminal acetylenes is 1. The SMILES string of the molecule is C#CC1COCCN1c1nc(C)ns1. The molecule has 0 aromatic carbocycles. The van der Waals surface area contributed by atoms with Gasteiger partial charge in [0.2, 0.25) is 5.13 Å². The first-order valence-electron chi connectivity index (χ1n) is 4.42. The van der Waals surface area contributed by atoms with Crippen molar-refractivity contribution < 1.29 is 4.74 Å². The number of hydrogen-bond acceptors (Lipinski definition) is 5. The molecule has 1 aromatic heterocycles. The Morgan fingerprint density at radius 1 is 1.71 bits per heavy atom. The molecule has 0 N–H and O–H groups in total. The van der Waals surface area contributed by atoms with Crippen molar-refractivity contribution in [1.29, 1.82) is 0 Å². The summed E-state index contributed by atoms with van der Waals surface area (Å²) in [5, 5.41) is 0.897. The minimum Gasteiger partial charge on any atom is -0.376 e. The van der Waals surface area contributed by atoms with Crippen molar-refractivity contribution in [3.63, 3.8) is 0 Å². The van der Waals surface area contributed by atoms with Gasteiger partial charge in [0.05, 0.1) is 13.2 Å². The fourth-order valence-corrected chi connectivity index (χ4v) is 2.12. The lowest BCUT2D eigenvalue weighted by atomic mass is 10.2. The predicted octanol–water partition coefficient (Wildman–Crippen LogP) is 0.685. The summed E-state index contributed by atoms with van der Waals surface area (Å²) in [5.74, 6) is 3.50. The molecule has 1 aromatic rings. The first kappa shape index (κ1) is 9.44. The first-order valence-corrected chi connectivity index (χ1v) is 5.19. The molecular weight excluding hydrogens is 198 g/mol. The molecule has 0 radical (unpaired) electrons. The molecule has 74 valence electrons. The van der Waals surface area contributed by atoms with Gasteiger partial charge in [-0.25, -0.2) is 4.98 Å². The average Bonchev–Trinajstić information content (AvgIpc) is 2.65. The van der Waals surface area contributed by atoms with Crippen molar-refractivity contribution in [3.05, 3.63) is 5.82 Å². The summed E-state index contributed by atoms with van der Waals surface area (Å²) in [6.07, 6.45) is 5.42. The molecule has 5 heteroatoms. The summed E-state index contributed by atoms with van der Waals surface area (Å²) >= 11 is 1.39. The molecule has 0 amide bonds. The average molecular weight is 209 g/mol. The van der Waals surface area contributed by atoms with E-state index in [4.69, 9.17) is 11.2 Å². The van der Waals surface area contributed by atoms with Gasteiger partial charge in [-0.05, 0) is 6.92 Å². The fourth-order valence-electron chi connectivity index (χ4n) is 1.37. The van der Waals surface area contributed by atoms with E-state index in [9.17, 15) is 0 Å². The van der Waals surface area contributed by atoms with Gasteiger partial charge < -0.3 is 9.64 Å². The van der Waals surface area contributed by atoms with Crippen molar-refractivity contribution in [2.24, 2.45) is 0 Å². The predicted molar refractivity (Wildman–Crippen MR) is 55.4 cm³/mol. The minimum atomic E-state index is -0.00361. The number of morpholine rings is 1. The van der Waals surface area contributed by atoms with Crippen LogP contribution in [0.25, 0.3) is 0 Å². The van der Waals surface area contributed by atoms with Gasteiger partial charge in [0.25, 0.3) is 0 Å². The standard InChI is InChI=1S/C9H11N3OS/c1-3-8-6-13-5-4-12(8)9-10-7(2)11-14-9/h1,8H,4-6H2,2H3. The molecular formula is C9H11N3OS. The normalized spacial score (nSPS) is 22.0. The number of rotatable bonds is 1. The Labute approximate surface area is 87.1 Å². The largest absolute Gasteiger partial charge is 0.376 e. The van der Waals surface area contributed by atoms with Gasteiger partial charge in [0.15, 0.2) is 0 Å². The molecule has 0 spiro atoms. The molecule has 0 saturated carbocycles. The lowest BCUT2D eigenvalue weighted by molar-refractivity contribution is 0.108. The van der Waals surface area contributed by atoms with Crippen LogP contribution in [0.3, 0.4) is 0 Å². The first-order chi connectivity index (χ1) is 6.81. The number of aromatic nitrogens is 2. The van der Waals surface area contributed by atoms with Crippen molar-refractivity contribution >= 4 is 16.7 Å². The third-order valence-electron chi connectivity index (χ3n) is 2.08. The highest BCUT2D eigenvalue weighted by molar-refractivity contribution is 7.09. The van der Waals surface area contributed by atoms with E-state index in [1.54, 1.807) is 0 Å². The Kier molecular flexibility index (Phi) is 2.66. The number of ether oxygens (including phenoxy) is 1. The molecule has 1 saturated heterocycles. The van der Waals surface area contributed by atoms with E-state index in [1.807, 2.05) is 6.92 Å². The highest BCUT2D eigenvalue weighted by atomic mass is 32.1. The molecule has 1 aliphatic rings. The molecule has 2 heterocycles. The second-order valence-electron chi connectivity index (χ2n) is 3.07. The lowest BCUT2D eigenvalue weighted by Crippen LogP contribution is -2.44. The Morgan fingerprint density at radius 3 is 3.21 bits per heavy atom. The molecule has 4 nitrogen and oxygen atoms in total. The van der Waals surface area contributed by atoms with Gasteiger partial charge >= 0.3 is 0 Å². The number of nitrogens with zero attached hydrogens (tertiary/aromatic N) is 3. The minimum absolute atomic E-state index is 0.00361. The van der Waals surface area contributed by atoms with Crippen LogP contribution < -0.4 is 4.90 Å². The molecule has 0 bridgehead atoms. The maximum Gasteiger partial charge on any atom is 0.206 e. The molecule has 1 atom stereocenters. The molecule has 1 fully saturated rings. The van der Waals surface area contributed by atoms with Crippen molar-refractivity contribution in [3.8, 4) is 12.3 Å². The summed E-state index contributed by atoms with van der Waals surface area (Å²) in [7, 11) is 0. The highest BCUT2D eigenvalue weighted by Crippen LogP contribution is 2.21. The second kappa shape index (κ2) is 3.95. The van der Waals surface area contributed by atoms with Crippen LogP contribution in [0.4, 0.5) is 5.13 Å². The smallest absolute Gasteiger partial charge is 0.206 e. The third kappa shape index (κ3) is 1.72. The van der Waals surface area contributed by atoms with E-state index < -0.39 is 0 Å². The second-order valence-corrected chi connectivity index (χ2v) is 3.81. The van der Waals surface area contributed by atoms with Crippen molar-refractivity contribution in [1.82, 2.24) is 9.36 Å². The van der Waals surface area contributed by atoms with Crippen LogP contribution in [-0.4, -0.2) is 35.2 Å². The Morgan fingerprint density at radius 2 is 2.57 bits per heavy atom. The summed E-state index contributed by atoms with van der Waals surface area (Å²) in [6.45, 7) is 3.96. The third-order valence-corrected chi connectivity index (χ3v) is 2.93. The fraction of sp³-hybridized carbons (Fsp3) is 0.556. The van der Waals surface area contributed by atoms with Crippen LogP contribution in [0.15, 0.2) is 0 Å². The maximum atomic E-state index is 5.42. The summed E-state index contributed by atoms with van der Waals surface area (Å²) < 4.78 is 9.44. The Balaban J connectivity index is 2.19. The van der Waals surface area contributed by atoms with E-state index in [1.165, 1.54) is 11.5 Å². The van der Waals surface area contributed by atoms with E-state index in [-0.39, 0.29) is 6.04 Å². The number of anilines is 1. The summed E-state index contributed by atoms with van der Waals surface area (Å²) in [5.41, 5.74) is 0. The van der Waals surface area contributed by atoms with Gasteiger partial charge in [-0.3, -0.25) is 0 Å². The highest BCUT2D eigenvalue weighted by Gasteiger charge is 2.23. The zero-order valence-electron chi connectivity index (χ0n) is 7.93. The van der Waals surface area contributed by atoms with Crippen molar-refractivity contribution in [2.75, 3.05) is 24.7 Å². The summed E-state index contributed by atoms with van der Waals surface area (Å²) in [4.78, 5) is 6.39. The monoisotopic (exact) mass is 209 g/mol. The van der Waals surface area contributed by atoms with E-state index in [0.29, 0.717) is 13.2 Å². The van der Waals surface area contributed by atoms with E-state index in [0.717, 1.165) is 17.5 Å². The van der Waals surface area contributed by atoms with Crippen LogP contribution in [0.2, 0.25) is 0 Å². The van der Waals surface area contributed by atoms with Crippen LogP contribution >= 0.6 is 11.5 Å². The number of aryl methyl sites for hydroxylation is 1. The maximum absolute atomic E-state index is 5.42. The van der Waals surface area contributed by atoms with Gasteiger partial charge in [-0.2, -0.15) is 4.37 Å². The van der Waals surface area contributed by atoms with Gasteiger partial charge in [0, 0.05) is 18.1 Å². The topological polar surface area (TPSA) is 38.2 Å². The van der Waals surface area contributed by atoms with Crippen LogP contribution in [0, 0.1) is 19.3 Å². The van der Waals surface area contributed by atoms with E-state index >= 15 is 0 Å². The zero-order valence-corrected chi connectivity index (χ0v) is 8.75. The Hall–Kier alpha value is -1.12. The molecule has 14 heavy (non-hydrogen) atoms. The molecule has 1 aliphatic heterocycles. The van der Waals surface area contributed by atoms with E-state index in [2.05, 4.69) is 20.2 Å². The van der Waals surface area contributed by atoms with Gasteiger partial charge in [-0.15, -0.1) is 6.42 Å². The zero-order chi connectivity index (χ0) is 9.97. The molecule has 0 aliphatic carbocycles.